The molecule has 11 heteroatoms. The predicted molar refractivity (Wildman–Crippen MR) is 115 cm³/mol. The lowest BCUT2D eigenvalue weighted by atomic mass is 10.2. The Morgan fingerprint density at radius 3 is 2.45 bits per heavy atom. The van der Waals surface area contributed by atoms with E-state index >= 15 is 0 Å². The van der Waals surface area contributed by atoms with Gasteiger partial charge < -0.3 is 4.18 Å². The highest BCUT2D eigenvalue weighted by Gasteiger charge is 2.34. The summed E-state index contributed by atoms with van der Waals surface area (Å²) >= 11 is 0.849. The monoisotopic (exact) mass is 462 g/mol. The van der Waals surface area contributed by atoms with Gasteiger partial charge in [0.15, 0.2) is 0 Å². The number of carbonyl (C=O) groups excluding carboxylic acids is 2. The van der Waals surface area contributed by atoms with E-state index in [1.54, 1.807) is 6.08 Å². The van der Waals surface area contributed by atoms with Crippen LogP contribution in [0.3, 0.4) is 0 Å². The molecule has 0 N–H and O–H groups in total. The lowest BCUT2D eigenvalue weighted by Gasteiger charge is -2.09. The molecule has 1 aliphatic heterocycles. The third-order valence-corrected chi connectivity index (χ3v) is 6.52. The van der Waals surface area contributed by atoms with Gasteiger partial charge in [0, 0.05) is 18.2 Å². The van der Waals surface area contributed by atoms with Gasteiger partial charge in [-0.1, -0.05) is 25.1 Å². The number of carbonyl (C=O) groups is 2. The Bertz CT molecular complexity index is 1190. The molecular formula is C20H18N2O7S2. The maximum absolute atomic E-state index is 12.5. The van der Waals surface area contributed by atoms with Crippen LogP contribution in [0.25, 0.3) is 6.08 Å². The minimum Gasteiger partial charge on any atom is -0.379 e. The topological polar surface area (TPSA) is 124 Å². The van der Waals surface area contributed by atoms with Gasteiger partial charge in [0.1, 0.15) is 10.6 Å². The number of nitro groups is 1. The van der Waals surface area contributed by atoms with Crippen molar-refractivity contribution in [3.05, 3.63) is 68.6 Å². The predicted octanol–water partition coefficient (Wildman–Crippen LogP) is 4.12. The van der Waals surface area contributed by atoms with Crippen molar-refractivity contribution >= 4 is 44.8 Å². The summed E-state index contributed by atoms with van der Waals surface area (Å²) in [6.45, 7) is 3.73. The van der Waals surface area contributed by atoms with E-state index in [-0.39, 0.29) is 32.4 Å². The molecule has 162 valence electrons. The minimum absolute atomic E-state index is 0.000495. The molecular weight excluding hydrogens is 444 g/mol. The highest BCUT2D eigenvalue weighted by Crippen LogP contribution is 2.32. The number of nitro benzene ring substituents is 1. The molecule has 1 heterocycles. The summed E-state index contributed by atoms with van der Waals surface area (Å²) in [6, 6.07) is 9.38. The van der Waals surface area contributed by atoms with Crippen LogP contribution in [-0.2, 0) is 14.9 Å². The van der Waals surface area contributed by atoms with Gasteiger partial charge in [-0.15, -0.1) is 0 Å². The first kappa shape index (κ1) is 22.5. The molecule has 1 aliphatic rings. The first-order valence-electron chi connectivity index (χ1n) is 9.17. The van der Waals surface area contributed by atoms with Crippen LogP contribution in [-0.4, -0.2) is 35.9 Å². The van der Waals surface area contributed by atoms with E-state index in [1.165, 1.54) is 48.2 Å². The maximum atomic E-state index is 12.5. The Hall–Kier alpha value is -3.18. The van der Waals surface area contributed by atoms with Gasteiger partial charge in [-0.25, -0.2) is 0 Å². The second-order valence-electron chi connectivity index (χ2n) is 6.65. The highest BCUT2D eigenvalue weighted by atomic mass is 32.2. The summed E-state index contributed by atoms with van der Waals surface area (Å²) in [5.74, 6) is -0.361. The second-order valence-corrected chi connectivity index (χ2v) is 9.18. The zero-order valence-corrected chi connectivity index (χ0v) is 18.2. The van der Waals surface area contributed by atoms with E-state index in [0.29, 0.717) is 24.1 Å². The zero-order valence-electron chi connectivity index (χ0n) is 16.6. The summed E-state index contributed by atoms with van der Waals surface area (Å²) in [6.07, 6.45) is 2.21. The van der Waals surface area contributed by atoms with Crippen molar-refractivity contribution in [2.45, 2.75) is 25.2 Å². The molecule has 2 aromatic rings. The van der Waals surface area contributed by atoms with Crippen LogP contribution in [0.5, 0.6) is 5.75 Å². The van der Waals surface area contributed by atoms with Gasteiger partial charge in [0.25, 0.3) is 16.8 Å². The Morgan fingerprint density at radius 2 is 1.84 bits per heavy atom. The fourth-order valence-corrected chi connectivity index (χ4v) is 4.62. The molecule has 0 aromatic heterocycles. The maximum Gasteiger partial charge on any atom is 0.339 e. The number of hydrogen-bond acceptors (Lipinski definition) is 8. The highest BCUT2D eigenvalue weighted by molar-refractivity contribution is 8.18. The fraction of sp³-hybridized carbons (Fsp3) is 0.200. The van der Waals surface area contributed by atoms with E-state index in [9.17, 15) is 28.1 Å². The molecule has 2 aromatic carbocycles. The number of hydrogen-bond donors (Lipinski definition) is 0. The van der Waals surface area contributed by atoms with Crippen LogP contribution < -0.4 is 4.18 Å². The number of benzene rings is 2. The van der Waals surface area contributed by atoms with E-state index in [0.717, 1.165) is 17.8 Å². The van der Waals surface area contributed by atoms with Crippen molar-refractivity contribution in [2.24, 2.45) is 0 Å². The molecule has 0 spiro atoms. The smallest absolute Gasteiger partial charge is 0.339 e. The molecule has 1 saturated heterocycles. The van der Waals surface area contributed by atoms with E-state index in [2.05, 4.69) is 0 Å². The van der Waals surface area contributed by atoms with Crippen LogP contribution in [0.1, 0.15) is 24.5 Å². The average molecular weight is 463 g/mol. The summed E-state index contributed by atoms with van der Waals surface area (Å²) < 4.78 is 30.0. The SMILES string of the molecule is CCCN1C(=O)S/C(=C\c2ccc(OS(=O)(=O)c3ccc(C)c([N+](=O)[O-])c3)cc2)C1=O. The fourth-order valence-electron chi connectivity index (χ4n) is 2.80. The third kappa shape index (κ3) is 4.94. The molecule has 1 fully saturated rings. The zero-order chi connectivity index (χ0) is 22.8. The van der Waals surface area contributed by atoms with Crippen molar-refractivity contribution in [2.75, 3.05) is 6.54 Å². The Balaban J connectivity index is 1.78. The number of aryl methyl sites for hydroxylation is 1. The normalized spacial score (nSPS) is 15.5. The largest absolute Gasteiger partial charge is 0.379 e. The Morgan fingerprint density at radius 1 is 1.16 bits per heavy atom. The van der Waals surface area contributed by atoms with Crippen molar-refractivity contribution in [1.82, 2.24) is 4.90 Å². The van der Waals surface area contributed by atoms with Crippen LogP contribution in [0.4, 0.5) is 10.5 Å². The first-order chi connectivity index (χ1) is 14.6. The van der Waals surface area contributed by atoms with Crippen LogP contribution >= 0.6 is 11.8 Å². The molecule has 0 radical (unpaired) electrons. The second kappa shape index (κ2) is 8.90. The third-order valence-electron chi connectivity index (χ3n) is 4.37. The summed E-state index contributed by atoms with van der Waals surface area (Å²) in [5, 5.41) is 10.7. The number of thioether (sulfide) groups is 1. The van der Waals surface area contributed by atoms with Crippen LogP contribution in [0.2, 0.25) is 0 Å². The average Bonchev–Trinajstić information content (AvgIpc) is 2.97. The summed E-state index contributed by atoms with van der Waals surface area (Å²) in [4.78, 5) is 35.7. The van der Waals surface area contributed by atoms with Crippen molar-refractivity contribution in [1.29, 1.82) is 0 Å². The molecule has 0 atom stereocenters. The number of nitrogens with zero attached hydrogens (tertiary/aromatic N) is 2. The minimum atomic E-state index is -4.28. The Kier molecular flexibility index (Phi) is 6.46. The standard InChI is InChI=1S/C20H18N2O7S2/c1-3-10-21-19(23)18(30-20(21)24)11-14-5-7-15(8-6-14)29-31(27,28)16-9-4-13(2)17(12-16)22(25)26/h4-9,11-12H,3,10H2,1-2H3/b18-11-. The molecule has 0 bridgehead atoms. The van der Waals surface area contributed by atoms with E-state index in [1.807, 2.05) is 6.92 Å². The molecule has 0 unspecified atom stereocenters. The van der Waals surface area contributed by atoms with Crippen LogP contribution in [0.15, 0.2) is 52.3 Å². The van der Waals surface area contributed by atoms with Gasteiger partial charge in [0.2, 0.25) is 0 Å². The van der Waals surface area contributed by atoms with Crippen LogP contribution in [0, 0.1) is 17.0 Å². The number of amides is 2. The molecule has 3 rings (SSSR count). The first-order valence-corrected chi connectivity index (χ1v) is 11.4. The molecule has 9 nitrogen and oxygen atoms in total. The molecule has 0 saturated carbocycles. The number of imide groups is 1. The van der Waals surface area contributed by atoms with Gasteiger partial charge in [-0.3, -0.25) is 24.6 Å². The van der Waals surface area contributed by atoms with Gasteiger partial charge in [0.05, 0.1) is 9.83 Å². The van der Waals surface area contributed by atoms with Gasteiger partial charge in [-0.2, -0.15) is 8.42 Å². The number of rotatable bonds is 7. The van der Waals surface area contributed by atoms with Gasteiger partial charge >= 0.3 is 10.1 Å². The van der Waals surface area contributed by atoms with Crippen molar-refractivity contribution in [3.63, 3.8) is 0 Å². The van der Waals surface area contributed by atoms with Crippen molar-refractivity contribution in [3.8, 4) is 5.75 Å². The van der Waals surface area contributed by atoms with E-state index in [4.69, 9.17) is 4.18 Å². The summed E-state index contributed by atoms with van der Waals surface area (Å²) in [5.41, 5.74) is 0.589. The summed E-state index contributed by atoms with van der Waals surface area (Å²) in [7, 11) is -4.28. The molecule has 2 amide bonds. The van der Waals surface area contributed by atoms with Crippen molar-refractivity contribution < 1.29 is 27.1 Å². The Labute approximate surface area is 183 Å². The molecule has 31 heavy (non-hydrogen) atoms. The van der Waals surface area contributed by atoms with Gasteiger partial charge in [-0.05, 0) is 54.9 Å². The lowest BCUT2D eigenvalue weighted by Crippen LogP contribution is -2.28. The van der Waals surface area contributed by atoms with E-state index < -0.39 is 15.0 Å². The molecule has 0 aliphatic carbocycles. The quantitative estimate of drug-likeness (QED) is 0.260. The lowest BCUT2D eigenvalue weighted by molar-refractivity contribution is -0.385.